The molecule has 0 aliphatic carbocycles. The highest BCUT2D eigenvalue weighted by atomic mass is 19.4. The molecule has 0 N–H and O–H groups in total. The molecule has 0 spiro atoms. The minimum Gasteiger partial charge on any atom is -0.329 e. The molecule has 0 saturated carbocycles. The van der Waals surface area contributed by atoms with Crippen molar-refractivity contribution in [2.45, 2.75) is 26.1 Å². The van der Waals surface area contributed by atoms with Gasteiger partial charge in [-0.05, 0) is 18.2 Å². The number of benzene rings is 1. The molecule has 126 valence electrons. The Morgan fingerprint density at radius 2 is 1.96 bits per heavy atom. The average Bonchev–Trinajstić information content (AvgIpc) is 3.15. The van der Waals surface area contributed by atoms with Crippen LogP contribution in [0.2, 0.25) is 0 Å². The summed E-state index contributed by atoms with van der Waals surface area (Å²) in [6.45, 7) is 2.47. The number of nitrogens with zero attached hydrogens (tertiary/aromatic N) is 4. The third-order valence-corrected chi connectivity index (χ3v) is 3.64. The van der Waals surface area contributed by atoms with Gasteiger partial charge >= 0.3 is 6.18 Å². The van der Waals surface area contributed by atoms with Crippen LogP contribution in [0.3, 0.4) is 0 Å². The van der Waals surface area contributed by atoms with Gasteiger partial charge in [-0.25, -0.2) is 14.4 Å². The van der Waals surface area contributed by atoms with E-state index < -0.39 is 17.6 Å². The first-order valence-electron chi connectivity index (χ1n) is 7.28. The Morgan fingerprint density at radius 3 is 2.62 bits per heavy atom. The molecule has 0 saturated heterocycles. The van der Waals surface area contributed by atoms with Gasteiger partial charge in [0, 0.05) is 30.7 Å². The fourth-order valence-electron chi connectivity index (χ4n) is 2.45. The second-order valence-corrected chi connectivity index (χ2v) is 5.26. The van der Waals surface area contributed by atoms with Crippen LogP contribution in [-0.4, -0.2) is 19.1 Å². The highest BCUT2D eigenvalue weighted by Gasteiger charge is 2.33. The summed E-state index contributed by atoms with van der Waals surface area (Å²) >= 11 is 0. The van der Waals surface area contributed by atoms with Crippen LogP contribution in [0, 0.1) is 5.82 Å². The van der Waals surface area contributed by atoms with Crippen molar-refractivity contribution < 1.29 is 17.6 Å². The molecule has 2 aromatic heterocycles. The largest absolute Gasteiger partial charge is 0.419 e. The topological polar surface area (TPSA) is 35.6 Å². The second kappa shape index (κ2) is 6.10. The summed E-state index contributed by atoms with van der Waals surface area (Å²) in [4.78, 5) is 8.43. The molecule has 0 amide bonds. The van der Waals surface area contributed by atoms with Gasteiger partial charge in [-0.15, -0.1) is 0 Å². The predicted octanol–water partition coefficient (Wildman–Crippen LogP) is 3.84. The van der Waals surface area contributed by atoms with Crippen LogP contribution in [0.25, 0.3) is 5.69 Å². The van der Waals surface area contributed by atoms with Gasteiger partial charge in [0.2, 0.25) is 0 Å². The van der Waals surface area contributed by atoms with Gasteiger partial charge in [0.05, 0.1) is 24.1 Å². The van der Waals surface area contributed by atoms with Crippen LogP contribution >= 0.6 is 0 Å². The van der Waals surface area contributed by atoms with Gasteiger partial charge < -0.3 is 9.13 Å². The number of hydrogen-bond acceptors (Lipinski definition) is 2. The maximum absolute atomic E-state index is 13.7. The Morgan fingerprint density at radius 1 is 1.17 bits per heavy atom. The number of rotatable bonds is 4. The van der Waals surface area contributed by atoms with Crippen molar-refractivity contribution in [2.75, 3.05) is 0 Å². The van der Waals surface area contributed by atoms with Gasteiger partial charge in [0.1, 0.15) is 11.6 Å². The number of aryl methyl sites for hydroxylation is 1. The normalized spacial score (nSPS) is 11.9. The molecular weight excluding hydrogens is 324 g/mol. The summed E-state index contributed by atoms with van der Waals surface area (Å²) in [5, 5.41) is 0. The Balaban J connectivity index is 1.84. The quantitative estimate of drug-likeness (QED) is 0.678. The van der Waals surface area contributed by atoms with Gasteiger partial charge in [-0.3, -0.25) is 0 Å². The van der Waals surface area contributed by atoms with Gasteiger partial charge in [0.15, 0.2) is 0 Å². The lowest BCUT2D eigenvalue weighted by molar-refractivity contribution is -0.139. The van der Waals surface area contributed by atoms with Crippen LogP contribution in [-0.2, 0) is 19.1 Å². The van der Waals surface area contributed by atoms with E-state index in [4.69, 9.17) is 0 Å². The SMILES string of the molecule is CCc1nccn1Cc1cn(-c2ccc(C(F)(F)F)c(F)c2)cn1. The number of halogens is 4. The van der Waals surface area contributed by atoms with E-state index in [-0.39, 0.29) is 5.69 Å². The Labute approximate surface area is 135 Å². The maximum atomic E-state index is 13.7. The first-order valence-corrected chi connectivity index (χ1v) is 7.28. The first kappa shape index (κ1) is 16.2. The van der Waals surface area contributed by atoms with E-state index in [0.29, 0.717) is 12.2 Å². The van der Waals surface area contributed by atoms with Crippen LogP contribution in [0.5, 0.6) is 0 Å². The third-order valence-electron chi connectivity index (χ3n) is 3.64. The van der Waals surface area contributed by atoms with Crippen molar-refractivity contribution in [2.24, 2.45) is 0 Å². The fourth-order valence-corrected chi connectivity index (χ4v) is 2.45. The first-order chi connectivity index (χ1) is 11.4. The Bertz CT molecular complexity index is 848. The van der Waals surface area contributed by atoms with Crippen LogP contribution in [0.1, 0.15) is 24.0 Å². The molecule has 0 fully saturated rings. The summed E-state index contributed by atoms with van der Waals surface area (Å²) in [7, 11) is 0. The summed E-state index contributed by atoms with van der Waals surface area (Å²) in [6, 6.07) is 2.80. The number of imidazole rings is 2. The van der Waals surface area contributed by atoms with E-state index in [1.807, 2.05) is 17.7 Å². The molecule has 0 aliphatic heterocycles. The minimum atomic E-state index is -4.71. The summed E-state index contributed by atoms with van der Waals surface area (Å²) in [6.07, 6.45) is 2.69. The molecule has 2 heterocycles. The summed E-state index contributed by atoms with van der Waals surface area (Å²) in [5.41, 5.74) is -0.304. The van der Waals surface area contributed by atoms with E-state index in [2.05, 4.69) is 9.97 Å². The summed E-state index contributed by atoms with van der Waals surface area (Å²) < 4.78 is 54.9. The van der Waals surface area contributed by atoms with E-state index in [1.165, 1.54) is 17.0 Å². The molecule has 8 heteroatoms. The zero-order valence-electron chi connectivity index (χ0n) is 12.8. The molecule has 3 aromatic rings. The number of aromatic nitrogens is 4. The highest BCUT2D eigenvalue weighted by Crippen LogP contribution is 2.32. The van der Waals surface area contributed by atoms with Crippen LogP contribution in [0.4, 0.5) is 17.6 Å². The molecule has 0 atom stereocenters. The van der Waals surface area contributed by atoms with Crippen LogP contribution < -0.4 is 0 Å². The molecule has 0 radical (unpaired) electrons. The predicted molar refractivity (Wildman–Crippen MR) is 79.2 cm³/mol. The van der Waals surface area contributed by atoms with E-state index in [1.54, 1.807) is 12.4 Å². The van der Waals surface area contributed by atoms with Crippen molar-refractivity contribution >= 4 is 0 Å². The zero-order valence-corrected chi connectivity index (χ0v) is 12.8. The highest BCUT2D eigenvalue weighted by molar-refractivity contribution is 5.37. The smallest absolute Gasteiger partial charge is 0.329 e. The summed E-state index contributed by atoms with van der Waals surface area (Å²) in [5.74, 6) is -0.400. The van der Waals surface area contributed by atoms with Gasteiger partial charge in [-0.1, -0.05) is 6.92 Å². The molecule has 4 nitrogen and oxygen atoms in total. The van der Waals surface area contributed by atoms with Crippen molar-refractivity contribution in [3.8, 4) is 5.69 Å². The number of alkyl halides is 3. The maximum Gasteiger partial charge on any atom is 0.419 e. The monoisotopic (exact) mass is 338 g/mol. The molecule has 24 heavy (non-hydrogen) atoms. The van der Waals surface area contributed by atoms with Crippen molar-refractivity contribution in [1.29, 1.82) is 0 Å². The van der Waals surface area contributed by atoms with Crippen molar-refractivity contribution in [3.63, 3.8) is 0 Å². The average molecular weight is 338 g/mol. The zero-order chi connectivity index (χ0) is 17.3. The second-order valence-electron chi connectivity index (χ2n) is 5.26. The fraction of sp³-hybridized carbons (Fsp3) is 0.250. The van der Waals surface area contributed by atoms with E-state index >= 15 is 0 Å². The lowest BCUT2D eigenvalue weighted by Gasteiger charge is -2.09. The molecular formula is C16H14F4N4. The molecule has 0 aliphatic rings. The van der Waals surface area contributed by atoms with Crippen LogP contribution in [0.15, 0.2) is 43.1 Å². The Hall–Kier alpha value is -2.64. The lowest BCUT2D eigenvalue weighted by Crippen LogP contribution is -2.08. The minimum absolute atomic E-state index is 0.278. The Kier molecular flexibility index (Phi) is 4.13. The molecule has 0 unspecified atom stereocenters. The lowest BCUT2D eigenvalue weighted by atomic mass is 10.2. The van der Waals surface area contributed by atoms with Crippen molar-refractivity contribution in [1.82, 2.24) is 19.1 Å². The van der Waals surface area contributed by atoms with E-state index in [0.717, 1.165) is 24.4 Å². The standard InChI is InChI=1S/C16H14F4N4/c1-2-15-21-5-6-23(15)8-11-9-24(10-22-11)12-3-4-13(14(17)7-12)16(18,19)20/h3-7,9-10H,2,8H2,1H3. The molecule has 0 bridgehead atoms. The third kappa shape index (κ3) is 3.17. The van der Waals surface area contributed by atoms with Gasteiger partial charge in [0.25, 0.3) is 0 Å². The van der Waals surface area contributed by atoms with Crippen molar-refractivity contribution in [3.05, 3.63) is 66.0 Å². The molecule has 1 aromatic carbocycles. The van der Waals surface area contributed by atoms with Gasteiger partial charge in [-0.2, -0.15) is 13.2 Å². The van der Waals surface area contributed by atoms with E-state index in [9.17, 15) is 17.6 Å². The molecule has 3 rings (SSSR count). The number of hydrogen-bond donors (Lipinski definition) is 0.